The number of halogens is 7. The molecule has 0 spiro atoms. The molecule has 12 heteroatoms. The minimum Gasteiger partial charge on any atom is -0.296 e. The van der Waals surface area contributed by atoms with Crippen molar-refractivity contribution in [1.29, 1.82) is 0 Å². The van der Waals surface area contributed by atoms with Gasteiger partial charge >= 0.3 is 18.0 Å². The summed E-state index contributed by atoms with van der Waals surface area (Å²) in [6.45, 7) is 0. The van der Waals surface area contributed by atoms with Crippen LogP contribution in [0.25, 0.3) is 0 Å². The number of carbonyl (C=O) groups is 1. The summed E-state index contributed by atoms with van der Waals surface area (Å²) in [5, 5.41) is 5.12. The number of aromatic nitrogens is 2. The van der Waals surface area contributed by atoms with Crippen molar-refractivity contribution in [2.45, 2.75) is 18.0 Å². The van der Waals surface area contributed by atoms with Crippen LogP contribution in [0.2, 0.25) is 0 Å². The third-order valence-corrected chi connectivity index (χ3v) is 3.61. The second kappa shape index (κ2) is 6.00. The van der Waals surface area contributed by atoms with E-state index in [4.69, 9.17) is 0 Å². The number of amides is 1. The Morgan fingerprint density at radius 2 is 1.54 bits per heavy atom. The molecule has 1 aromatic heterocycles. The smallest absolute Gasteiger partial charge is 0.296 e. The first-order valence-corrected chi connectivity index (χ1v) is 6.81. The molecular formula is C12H6F7N3OS. The van der Waals surface area contributed by atoms with Crippen LogP contribution >= 0.6 is 11.3 Å². The van der Waals surface area contributed by atoms with E-state index in [9.17, 15) is 35.5 Å². The number of rotatable bonds is 4. The monoisotopic (exact) mass is 373 g/mol. The number of anilines is 1. The fourth-order valence-electron chi connectivity index (χ4n) is 1.47. The Morgan fingerprint density at radius 1 is 0.958 bits per heavy atom. The van der Waals surface area contributed by atoms with E-state index < -0.39 is 34.1 Å². The van der Waals surface area contributed by atoms with Crippen LogP contribution in [-0.4, -0.2) is 28.2 Å². The number of benzene rings is 1. The average molecular weight is 373 g/mol. The molecule has 0 aliphatic heterocycles. The van der Waals surface area contributed by atoms with Gasteiger partial charge in [-0.15, -0.1) is 10.2 Å². The molecule has 0 radical (unpaired) electrons. The highest BCUT2D eigenvalue weighted by molar-refractivity contribution is 7.15. The van der Waals surface area contributed by atoms with Gasteiger partial charge in [0.1, 0.15) is 0 Å². The largest absolute Gasteiger partial charge is 0.460 e. The molecule has 24 heavy (non-hydrogen) atoms. The molecule has 1 heterocycles. The van der Waals surface area contributed by atoms with Crippen molar-refractivity contribution in [2.24, 2.45) is 0 Å². The van der Waals surface area contributed by atoms with Gasteiger partial charge < -0.3 is 0 Å². The molecule has 2 aromatic rings. The van der Waals surface area contributed by atoms with Crippen molar-refractivity contribution in [3.8, 4) is 0 Å². The molecule has 2 rings (SSSR count). The Kier molecular flexibility index (Phi) is 4.52. The fourth-order valence-corrected chi connectivity index (χ4v) is 2.22. The molecule has 0 unspecified atom stereocenters. The highest BCUT2D eigenvalue weighted by atomic mass is 32.1. The van der Waals surface area contributed by atoms with Gasteiger partial charge in [-0.1, -0.05) is 29.5 Å². The summed E-state index contributed by atoms with van der Waals surface area (Å²) in [7, 11) is 0. The lowest BCUT2D eigenvalue weighted by Gasteiger charge is -2.25. The van der Waals surface area contributed by atoms with E-state index in [1.165, 1.54) is 24.3 Å². The summed E-state index contributed by atoms with van der Waals surface area (Å²) in [5.74, 6) is -12.8. The lowest BCUT2D eigenvalue weighted by Crippen LogP contribution is -2.50. The lowest BCUT2D eigenvalue weighted by atomic mass is 10.2. The third-order valence-electron chi connectivity index (χ3n) is 2.70. The normalized spacial score (nSPS) is 13.0. The maximum atomic E-state index is 13.4. The Balaban J connectivity index is 2.23. The second-order valence-corrected chi connectivity index (χ2v) is 5.36. The quantitative estimate of drug-likeness (QED) is 0.822. The summed E-state index contributed by atoms with van der Waals surface area (Å²) in [4.78, 5) is 11.7. The van der Waals surface area contributed by atoms with E-state index in [0.29, 0.717) is 0 Å². The van der Waals surface area contributed by atoms with E-state index in [2.05, 4.69) is 10.2 Å². The molecular weight excluding hydrogens is 367 g/mol. The fraction of sp³-hybridized carbons (Fsp3) is 0.250. The molecule has 130 valence electrons. The van der Waals surface area contributed by atoms with Gasteiger partial charge in [-0.25, -0.2) is 0 Å². The molecule has 1 amide bonds. The Bertz CT molecular complexity index is 730. The predicted octanol–water partition coefficient (Wildman–Crippen LogP) is 4.08. The minimum atomic E-state index is -6.48. The highest BCUT2D eigenvalue weighted by Crippen LogP contribution is 2.52. The van der Waals surface area contributed by atoms with Crippen molar-refractivity contribution < 1.29 is 35.5 Å². The molecule has 0 saturated heterocycles. The first-order chi connectivity index (χ1) is 11.0. The van der Waals surface area contributed by atoms with E-state index in [-0.39, 0.29) is 16.9 Å². The summed E-state index contributed by atoms with van der Waals surface area (Å²) >= 11 is -0.278. The van der Waals surface area contributed by atoms with Crippen LogP contribution in [-0.2, 0) is 5.92 Å². The topological polar surface area (TPSA) is 54.9 Å². The summed E-state index contributed by atoms with van der Waals surface area (Å²) in [5.41, 5.74) is 0.0987. The van der Waals surface area contributed by atoms with E-state index >= 15 is 0 Å². The molecule has 1 N–H and O–H groups in total. The zero-order valence-corrected chi connectivity index (χ0v) is 12.1. The maximum absolute atomic E-state index is 13.4. The zero-order valence-electron chi connectivity index (χ0n) is 11.2. The van der Waals surface area contributed by atoms with Crippen molar-refractivity contribution in [3.63, 3.8) is 0 Å². The highest BCUT2D eigenvalue weighted by Gasteiger charge is 2.75. The number of nitrogens with one attached hydrogen (secondary N) is 1. The van der Waals surface area contributed by atoms with E-state index in [1.54, 1.807) is 6.07 Å². The molecule has 4 nitrogen and oxygen atoms in total. The van der Waals surface area contributed by atoms with Gasteiger partial charge in [0.2, 0.25) is 5.13 Å². The predicted molar refractivity (Wildman–Crippen MR) is 69.2 cm³/mol. The van der Waals surface area contributed by atoms with Gasteiger partial charge in [-0.2, -0.15) is 30.7 Å². The minimum absolute atomic E-state index is 0.0987. The third kappa shape index (κ3) is 3.18. The zero-order chi connectivity index (χ0) is 18.2. The van der Waals surface area contributed by atoms with Gasteiger partial charge in [-0.05, 0) is 12.1 Å². The molecule has 0 fully saturated rings. The van der Waals surface area contributed by atoms with Crippen molar-refractivity contribution in [3.05, 3.63) is 40.9 Å². The summed E-state index contributed by atoms with van der Waals surface area (Å²) in [6.07, 6.45) is -6.48. The van der Waals surface area contributed by atoms with Gasteiger partial charge in [0.05, 0.1) is 0 Å². The van der Waals surface area contributed by atoms with Crippen LogP contribution < -0.4 is 5.32 Å². The van der Waals surface area contributed by atoms with Crippen molar-refractivity contribution in [2.75, 3.05) is 5.32 Å². The van der Waals surface area contributed by atoms with Crippen molar-refractivity contribution in [1.82, 2.24) is 10.2 Å². The van der Waals surface area contributed by atoms with Crippen LogP contribution in [0.1, 0.15) is 15.4 Å². The van der Waals surface area contributed by atoms with Gasteiger partial charge in [0.15, 0.2) is 5.01 Å². The number of hydrogen-bond donors (Lipinski definition) is 1. The van der Waals surface area contributed by atoms with Crippen LogP contribution in [0.5, 0.6) is 0 Å². The molecule has 1 aromatic carbocycles. The van der Waals surface area contributed by atoms with Crippen LogP contribution in [0.15, 0.2) is 30.3 Å². The van der Waals surface area contributed by atoms with E-state index in [0.717, 1.165) is 0 Å². The number of carbonyl (C=O) groups excluding carboxylic acids is 1. The van der Waals surface area contributed by atoms with Crippen molar-refractivity contribution >= 4 is 22.4 Å². The maximum Gasteiger partial charge on any atom is 0.460 e. The first kappa shape index (κ1) is 18.1. The van der Waals surface area contributed by atoms with Gasteiger partial charge in [-0.3, -0.25) is 10.1 Å². The van der Waals surface area contributed by atoms with E-state index in [1.807, 2.05) is 5.32 Å². The molecule has 0 saturated carbocycles. The summed E-state index contributed by atoms with van der Waals surface area (Å²) in [6, 6.07) is 7.32. The Hall–Kier alpha value is -2.24. The average Bonchev–Trinajstić information content (AvgIpc) is 2.96. The Morgan fingerprint density at radius 3 is 2.08 bits per heavy atom. The summed E-state index contributed by atoms with van der Waals surface area (Å²) < 4.78 is 89.0. The van der Waals surface area contributed by atoms with Gasteiger partial charge in [0.25, 0.3) is 5.91 Å². The molecule has 0 atom stereocenters. The second-order valence-electron chi connectivity index (χ2n) is 4.38. The SMILES string of the molecule is O=C(Nc1nnc(C(F)(F)C(F)(F)C(F)(F)F)s1)c1ccccc1. The standard InChI is InChI=1S/C12H6F7N3OS/c13-10(14,11(15,16)12(17,18)19)8-21-22-9(24-8)20-7(23)6-4-2-1-3-5-6/h1-5H,(H,20,22,23). The number of hydrogen-bond acceptors (Lipinski definition) is 4. The number of alkyl halides is 7. The van der Waals surface area contributed by atoms with Crippen LogP contribution in [0, 0.1) is 0 Å². The van der Waals surface area contributed by atoms with Crippen LogP contribution in [0.4, 0.5) is 35.9 Å². The number of nitrogens with zero attached hydrogens (tertiary/aromatic N) is 2. The molecule has 0 aliphatic rings. The lowest BCUT2D eigenvalue weighted by molar-refractivity contribution is -0.359. The van der Waals surface area contributed by atoms with Gasteiger partial charge in [0, 0.05) is 5.56 Å². The van der Waals surface area contributed by atoms with Crippen LogP contribution in [0.3, 0.4) is 0 Å². The Labute approximate surface area is 133 Å². The molecule has 0 bridgehead atoms. The first-order valence-electron chi connectivity index (χ1n) is 5.99. The molecule has 0 aliphatic carbocycles.